The summed E-state index contributed by atoms with van der Waals surface area (Å²) in [6, 6.07) is 8.37. The Morgan fingerprint density at radius 3 is 2.81 bits per heavy atom. The van der Waals surface area contributed by atoms with E-state index in [0.29, 0.717) is 17.0 Å². The lowest BCUT2D eigenvalue weighted by Crippen LogP contribution is -2.05. The largest absolute Gasteiger partial charge is 0.507 e. The van der Waals surface area contributed by atoms with E-state index in [1.54, 1.807) is 36.0 Å². The molecule has 0 bridgehead atoms. The van der Waals surface area contributed by atoms with Crippen molar-refractivity contribution in [3.05, 3.63) is 42.1 Å². The van der Waals surface area contributed by atoms with Crippen LogP contribution in [0, 0.1) is 0 Å². The Hall–Kier alpha value is -2.89. The molecule has 0 fully saturated rings. The average molecular weight is 283 g/mol. The minimum absolute atomic E-state index is 0.0312. The zero-order valence-electron chi connectivity index (χ0n) is 11.6. The van der Waals surface area contributed by atoms with Crippen LogP contribution in [0.15, 0.2) is 36.5 Å². The molecule has 0 unspecified atom stereocenters. The number of nitrogens with zero attached hydrogens (tertiary/aromatic N) is 3. The molecule has 2 aromatic heterocycles. The highest BCUT2D eigenvalue weighted by Crippen LogP contribution is 2.33. The second kappa shape index (κ2) is 4.90. The summed E-state index contributed by atoms with van der Waals surface area (Å²) in [5.74, 6) is -0.0978. The Bertz CT molecular complexity index is 839. The third-order valence-electron chi connectivity index (χ3n) is 3.33. The highest BCUT2D eigenvalue weighted by Gasteiger charge is 2.21. The first-order chi connectivity index (χ1) is 10.1. The molecule has 0 spiro atoms. The summed E-state index contributed by atoms with van der Waals surface area (Å²) in [6.07, 6.45) is 1.64. The molecule has 0 saturated carbocycles. The highest BCUT2D eigenvalue weighted by molar-refractivity contribution is 5.98. The van der Waals surface area contributed by atoms with E-state index in [4.69, 9.17) is 4.74 Å². The molecule has 6 heteroatoms. The van der Waals surface area contributed by atoms with Crippen LogP contribution in [0.3, 0.4) is 0 Å². The molecular weight excluding hydrogens is 270 g/mol. The summed E-state index contributed by atoms with van der Waals surface area (Å²) in [5, 5.41) is 10.2. The number of aromatic nitrogens is 3. The maximum absolute atomic E-state index is 11.9. The van der Waals surface area contributed by atoms with Gasteiger partial charge in [-0.2, -0.15) is 0 Å². The number of phenols is 1. The number of rotatable bonds is 2. The number of benzene rings is 1. The molecule has 6 nitrogen and oxygen atoms in total. The third-order valence-corrected chi connectivity index (χ3v) is 3.33. The lowest BCUT2D eigenvalue weighted by molar-refractivity contribution is 0.0601. The van der Waals surface area contributed by atoms with Gasteiger partial charge in [0.25, 0.3) is 0 Å². The molecule has 0 saturated heterocycles. The van der Waals surface area contributed by atoms with Crippen molar-refractivity contribution in [3.8, 4) is 17.1 Å². The van der Waals surface area contributed by atoms with Gasteiger partial charge in [0.05, 0.1) is 23.8 Å². The van der Waals surface area contributed by atoms with Crippen molar-refractivity contribution in [2.24, 2.45) is 7.05 Å². The molecular formula is C15H13N3O3. The number of imidazole rings is 1. The topological polar surface area (TPSA) is 77.2 Å². The molecule has 3 aromatic rings. The summed E-state index contributed by atoms with van der Waals surface area (Å²) < 4.78 is 6.55. The van der Waals surface area contributed by atoms with Crippen LogP contribution in [0.2, 0.25) is 0 Å². The van der Waals surface area contributed by atoms with Gasteiger partial charge in [-0.15, -0.1) is 0 Å². The first-order valence-electron chi connectivity index (χ1n) is 6.31. The minimum Gasteiger partial charge on any atom is -0.507 e. The SMILES string of the molecule is COC(=O)c1cccc(O)c1-c1nc2ncccc2n1C. The Balaban J connectivity index is 2.32. The Morgan fingerprint density at radius 2 is 2.10 bits per heavy atom. The van der Waals surface area contributed by atoms with Crippen molar-refractivity contribution in [2.75, 3.05) is 7.11 Å². The Morgan fingerprint density at radius 1 is 1.29 bits per heavy atom. The molecule has 1 N–H and O–H groups in total. The summed E-state index contributed by atoms with van der Waals surface area (Å²) >= 11 is 0. The third kappa shape index (κ3) is 2.01. The van der Waals surface area contributed by atoms with Gasteiger partial charge in [0.1, 0.15) is 11.6 Å². The van der Waals surface area contributed by atoms with E-state index in [2.05, 4.69) is 9.97 Å². The molecule has 0 amide bonds. The van der Waals surface area contributed by atoms with Crippen LogP contribution in [0.4, 0.5) is 0 Å². The summed E-state index contributed by atoms with van der Waals surface area (Å²) in [7, 11) is 3.10. The molecule has 0 aliphatic heterocycles. The van der Waals surface area contributed by atoms with Crippen molar-refractivity contribution in [1.82, 2.24) is 14.5 Å². The first-order valence-corrected chi connectivity index (χ1v) is 6.31. The highest BCUT2D eigenvalue weighted by atomic mass is 16.5. The molecule has 0 aliphatic rings. The fraction of sp³-hybridized carbons (Fsp3) is 0.133. The number of phenolic OH excluding ortho intramolecular Hbond substituents is 1. The van der Waals surface area contributed by atoms with Crippen molar-refractivity contribution in [3.63, 3.8) is 0 Å². The number of methoxy groups -OCH3 is 1. The standard InChI is InChI=1S/C15H13N3O3/c1-18-10-6-4-8-16-13(10)17-14(18)12-9(15(20)21-2)5-3-7-11(12)19/h3-8,19H,1-2H3. The van der Waals surface area contributed by atoms with Crippen LogP contribution in [-0.2, 0) is 11.8 Å². The molecule has 0 radical (unpaired) electrons. The fourth-order valence-corrected chi connectivity index (χ4v) is 2.30. The Labute approximate surface area is 120 Å². The predicted octanol–water partition coefficient (Wildman–Crippen LogP) is 2.13. The molecule has 2 heterocycles. The molecule has 0 aliphatic carbocycles. The number of hydrogen-bond acceptors (Lipinski definition) is 5. The number of hydrogen-bond donors (Lipinski definition) is 1. The number of carbonyl (C=O) groups is 1. The lowest BCUT2D eigenvalue weighted by Gasteiger charge is -2.09. The van der Waals surface area contributed by atoms with E-state index < -0.39 is 5.97 Å². The molecule has 0 atom stereocenters. The van der Waals surface area contributed by atoms with Gasteiger partial charge in [-0.3, -0.25) is 0 Å². The number of pyridine rings is 1. The van der Waals surface area contributed by atoms with Crippen LogP contribution in [0.1, 0.15) is 10.4 Å². The van der Waals surface area contributed by atoms with Crippen molar-refractivity contribution >= 4 is 17.1 Å². The van der Waals surface area contributed by atoms with Gasteiger partial charge in [-0.05, 0) is 24.3 Å². The average Bonchev–Trinajstić information content (AvgIpc) is 2.83. The summed E-state index contributed by atoms with van der Waals surface area (Å²) in [4.78, 5) is 20.5. The second-order valence-corrected chi connectivity index (χ2v) is 4.53. The van der Waals surface area contributed by atoms with Crippen LogP contribution in [-0.4, -0.2) is 32.7 Å². The Kier molecular flexibility index (Phi) is 3.06. The van der Waals surface area contributed by atoms with Crippen LogP contribution >= 0.6 is 0 Å². The number of aromatic hydroxyl groups is 1. The quantitative estimate of drug-likeness (QED) is 0.729. The normalized spacial score (nSPS) is 10.8. The van der Waals surface area contributed by atoms with E-state index in [1.807, 2.05) is 6.07 Å². The van der Waals surface area contributed by atoms with Crippen molar-refractivity contribution in [2.45, 2.75) is 0 Å². The van der Waals surface area contributed by atoms with E-state index >= 15 is 0 Å². The van der Waals surface area contributed by atoms with Gasteiger partial charge in [0.2, 0.25) is 0 Å². The molecule has 3 rings (SSSR count). The second-order valence-electron chi connectivity index (χ2n) is 4.53. The zero-order chi connectivity index (χ0) is 15.0. The number of ether oxygens (including phenoxy) is 1. The van der Waals surface area contributed by atoms with Crippen LogP contribution in [0.25, 0.3) is 22.6 Å². The summed E-state index contributed by atoms with van der Waals surface area (Å²) in [6.45, 7) is 0. The molecule has 1 aromatic carbocycles. The van der Waals surface area contributed by atoms with E-state index in [-0.39, 0.29) is 11.3 Å². The maximum Gasteiger partial charge on any atom is 0.338 e. The van der Waals surface area contributed by atoms with Gasteiger partial charge in [-0.1, -0.05) is 6.07 Å². The predicted molar refractivity (Wildman–Crippen MR) is 76.9 cm³/mol. The zero-order valence-corrected chi connectivity index (χ0v) is 11.6. The van der Waals surface area contributed by atoms with E-state index in [9.17, 15) is 9.90 Å². The molecule has 106 valence electrons. The van der Waals surface area contributed by atoms with Crippen molar-refractivity contribution in [1.29, 1.82) is 0 Å². The van der Waals surface area contributed by atoms with Crippen LogP contribution in [0.5, 0.6) is 5.75 Å². The van der Waals surface area contributed by atoms with E-state index in [1.165, 1.54) is 13.2 Å². The number of fused-ring (bicyclic) bond motifs is 1. The number of esters is 1. The van der Waals surface area contributed by atoms with Crippen molar-refractivity contribution < 1.29 is 14.6 Å². The lowest BCUT2D eigenvalue weighted by atomic mass is 10.1. The van der Waals surface area contributed by atoms with Gasteiger partial charge in [0, 0.05) is 13.2 Å². The first kappa shape index (κ1) is 13.1. The molecule has 21 heavy (non-hydrogen) atoms. The fourth-order valence-electron chi connectivity index (χ4n) is 2.30. The van der Waals surface area contributed by atoms with Gasteiger partial charge in [-0.25, -0.2) is 14.8 Å². The summed E-state index contributed by atoms with van der Waals surface area (Å²) in [5.41, 5.74) is 1.96. The van der Waals surface area contributed by atoms with Gasteiger partial charge in [0.15, 0.2) is 5.65 Å². The van der Waals surface area contributed by atoms with Gasteiger partial charge >= 0.3 is 5.97 Å². The maximum atomic E-state index is 11.9. The smallest absolute Gasteiger partial charge is 0.338 e. The van der Waals surface area contributed by atoms with Crippen LogP contribution < -0.4 is 0 Å². The monoisotopic (exact) mass is 283 g/mol. The minimum atomic E-state index is -0.527. The van der Waals surface area contributed by atoms with E-state index in [0.717, 1.165) is 5.52 Å². The van der Waals surface area contributed by atoms with Gasteiger partial charge < -0.3 is 14.4 Å². The number of carbonyl (C=O) groups excluding carboxylic acids is 1. The number of aryl methyl sites for hydroxylation is 1.